The number of ether oxygens (including phenoxy) is 1. The Kier molecular flexibility index (Phi) is 4.02. The summed E-state index contributed by atoms with van der Waals surface area (Å²) in [6, 6.07) is 12.8. The third-order valence-electron chi connectivity index (χ3n) is 3.98. The predicted molar refractivity (Wildman–Crippen MR) is 90.7 cm³/mol. The van der Waals surface area contributed by atoms with Gasteiger partial charge in [0.25, 0.3) is 0 Å². The molecule has 3 rings (SSSR count). The van der Waals surface area contributed by atoms with Gasteiger partial charge in [-0.3, -0.25) is 0 Å². The number of rotatable bonds is 2. The minimum atomic E-state index is -3.62. The molecular weight excluding hydrogens is 380 g/mol. The number of aliphatic hydroxyl groups excluding tert-OH is 1. The molecule has 122 valence electrons. The molecule has 23 heavy (non-hydrogen) atoms. The zero-order valence-electron chi connectivity index (χ0n) is 12.7. The molecule has 1 N–H and O–H groups in total. The van der Waals surface area contributed by atoms with E-state index in [1.165, 1.54) is 12.1 Å². The van der Waals surface area contributed by atoms with Gasteiger partial charge < -0.3 is 9.84 Å². The highest BCUT2D eigenvalue weighted by atomic mass is 79.9. The van der Waals surface area contributed by atoms with Crippen molar-refractivity contribution in [1.82, 2.24) is 0 Å². The lowest BCUT2D eigenvalue weighted by atomic mass is 9.91. The van der Waals surface area contributed by atoms with Crippen LogP contribution in [0.4, 0.5) is 0 Å². The number of benzene rings is 2. The fourth-order valence-electron chi connectivity index (χ4n) is 2.63. The average molecular weight is 397 g/mol. The minimum Gasteiger partial charge on any atom is -0.486 e. The van der Waals surface area contributed by atoms with E-state index in [-0.39, 0.29) is 14.6 Å². The largest absolute Gasteiger partial charge is 0.486 e. The van der Waals surface area contributed by atoms with Gasteiger partial charge in [-0.1, -0.05) is 34.1 Å². The second-order valence-corrected chi connectivity index (χ2v) is 9.00. The number of fused-ring (bicyclic) bond motifs is 1. The van der Waals surface area contributed by atoms with E-state index in [0.717, 1.165) is 0 Å². The Morgan fingerprint density at radius 1 is 1.09 bits per heavy atom. The van der Waals surface area contributed by atoms with Crippen LogP contribution in [0.3, 0.4) is 0 Å². The zero-order valence-corrected chi connectivity index (χ0v) is 15.1. The van der Waals surface area contributed by atoms with Crippen molar-refractivity contribution in [2.24, 2.45) is 0 Å². The number of hydrogen-bond acceptors (Lipinski definition) is 4. The molecule has 0 saturated carbocycles. The Morgan fingerprint density at radius 2 is 1.74 bits per heavy atom. The van der Waals surface area contributed by atoms with Crippen molar-refractivity contribution in [3.8, 4) is 5.75 Å². The first kappa shape index (κ1) is 16.5. The van der Waals surface area contributed by atoms with Crippen molar-refractivity contribution < 1.29 is 18.3 Å². The molecule has 0 bridgehead atoms. The summed E-state index contributed by atoms with van der Waals surface area (Å²) in [4.78, 5) is 0.0311. The van der Waals surface area contributed by atoms with Crippen molar-refractivity contribution >= 4 is 25.8 Å². The van der Waals surface area contributed by atoms with Crippen molar-refractivity contribution in [2.45, 2.75) is 40.2 Å². The number of alkyl halides is 1. The highest BCUT2D eigenvalue weighted by Gasteiger charge is 2.42. The maximum absolute atomic E-state index is 12.7. The summed E-state index contributed by atoms with van der Waals surface area (Å²) in [5, 5.41) is 10.5. The molecule has 6 heteroatoms. The summed E-state index contributed by atoms with van der Waals surface area (Å²) >= 11 is 3.44. The molecule has 2 aromatic carbocycles. The van der Waals surface area contributed by atoms with Crippen molar-refractivity contribution in [3.63, 3.8) is 0 Å². The van der Waals surface area contributed by atoms with Crippen LogP contribution in [0.5, 0.6) is 5.75 Å². The molecule has 1 aliphatic rings. The van der Waals surface area contributed by atoms with Crippen LogP contribution in [-0.4, -0.2) is 24.0 Å². The normalized spacial score (nSPS) is 23.0. The Balaban J connectivity index is 2.09. The van der Waals surface area contributed by atoms with Crippen LogP contribution in [-0.2, 0) is 9.84 Å². The Bertz CT molecular complexity index is 831. The van der Waals surface area contributed by atoms with E-state index in [1.807, 2.05) is 13.8 Å². The van der Waals surface area contributed by atoms with Gasteiger partial charge in [0.05, 0.1) is 20.7 Å². The third kappa shape index (κ3) is 2.79. The summed E-state index contributed by atoms with van der Waals surface area (Å²) in [6.07, 6.45) is -0.848. The Morgan fingerprint density at radius 3 is 2.39 bits per heavy atom. The van der Waals surface area contributed by atoms with Crippen LogP contribution in [0.2, 0.25) is 0 Å². The molecule has 1 heterocycles. The first-order valence-electron chi connectivity index (χ1n) is 7.19. The lowest BCUT2D eigenvalue weighted by molar-refractivity contribution is 0.0223. The zero-order chi connectivity index (χ0) is 16.8. The molecule has 2 unspecified atom stereocenters. The molecule has 0 radical (unpaired) electrons. The van der Waals surface area contributed by atoms with Crippen molar-refractivity contribution in [1.29, 1.82) is 0 Å². The van der Waals surface area contributed by atoms with Gasteiger partial charge in [-0.2, -0.15) is 0 Å². The molecule has 0 spiro atoms. The molecule has 0 aromatic heterocycles. The molecule has 2 atom stereocenters. The van der Waals surface area contributed by atoms with Gasteiger partial charge >= 0.3 is 0 Å². The lowest BCUT2D eigenvalue weighted by Crippen LogP contribution is -2.45. The fraction of sp³-hybridized carbons (Fsp3) is 0.294. The summed E-state index contributed by atoms with van der Waals surface area (Å²) in [7, 11) is -3.62. The molecular formula is C17H17BrO4S. The first-order valence-corrected chi connectivity index (χ1v) is 9.58. The Labute approximate surface area is 144 Å². The van der Waals surface area contributed by atoms with E-state index in [9.17, 15) is 13.5 Å². The molecule has 2 aromatic rings. The van der Waals surface area contributed by atoms with E-state index < -0.39 is 21.5 Å². The van der Waals surface area contributed by atoms with Gasteiger partial charge in [-0.15, -0.1) is 0 Å². The first-order chi connectivity index (χ1) is 10.7. The highest BCUT2D eigenvalue weighted by Crippen LogP contribution is 2.44. The van der Waals surface area contributed by atoms with Crippen LogP contribution < -0.4 is 4.74 Å². The number of hydrogen-bond donors (Lipinski definition) is 1. The van der Waals surface area contributed by atoms with E-state index >= 15 is 0 Å². The molecule has 0 saturated heterocycles. The standard InChI is InChI=1S/C17H17BrO4S/c1-17(2)16(18)15(19)13-10-12(8-9-14(13)22-17)23(20,21)11-6-4-3-5-7-11/h3-10,15-16,19H,1-2H3. The molecule has 0 fully saturated rings. The summed E-state index contributed by atoms with van der Waals surface area (Å²) in [6.45, 7) is 3.74. The maximum Gasteiger partial charge on any atom is 0.206 e. The number of sulfone groups is 1. The molecule has 1 aliphatic heterocycles. The number of halogens is 1. The molecule has 0 amide bonds. The van der Waals surface area contributed by atoms with Crippen LogP contribution in [0.1, 0.15) is 25.5 Å². The van der Waals surface area contributed by atoms with E-state index in [4.69, 9.17) is 4.74 Å². The summed E-state index contributed by atoms with van der Waals surface area (Å²) < 4.78 is 31.3. The van der Waals surface area contributed by atoms with Crippen LogP contribution >= 0.6 is 15.9 Å². The summed E-state index contributed by atoms with van der Waals surface area (Å²) in [5.41, 5.74) is -0.116. The second-order valence-electron chi connectivity index (χ2n) is 6.07. The smallest absolute Gasteiger partial charge is 0.206 e. The van der Waals surface area contributed by atoms with E-state index in [1.54, 1.807) is 36.4 Å². The minimum absolute atomic E-state index is 0.143. The quantitative estimate of drug-likeness (QED) is 0.789. The SMILES string of the molecule is CC1(C)Oc2ccc(S(=O)(=O)c3ccccc3)cc2C(O)C1Br. The summed E-state index contributed by atoms with van der Waals surface area (Å²) in [5.74, 6) is 0.505. The fourth-order valence-corrected chi connectivity index (χ4v) is 4.33. The van der Waals surface area contributed by atoms with Crippen molar-refractivity contribution in [2.75, 3.05) is 0 Å². The van der Waals surface area contributed by atoms with Gasteiger partial charge in [0, 0.05) is 5.56 Å². The average Bonchev–Trinajstić information content (AvgIpc) is 2.53. The van der Waals surface area contributed by atoms with Crippen LogP contribution in [0.15, 0.2) is 58.3 Å². The predicted octanol–water partition coefficient (Wildman–Crippen LogP) is 3.49. The van der Waals surface area contributed by atoms with Gasteiger partial charge in [0.2, 0.25) is 9.84 Å². The monoisotopic (exact) mass is 396 g/mol. The van der Waals surface area contributed by atoms with Gasteiger partial charge in [0.15, 0.2) is 0 Å². The topological polar surface area (TPSA) is 63.6 Å². The van der Waals surface area contributed by atoms with Gasteiger partial charge in [0.1, 0.15) is 11.4 Å². The molecule has 4 nitrogen and oxygen atoms in total. The van der Waals surface area contributed by atoms with Gasteiger partial charge in [-0.05, 0) is 44.2 Å². The van der Waals surface area contributed by atoms with Gasteiger partial charge in [-0.25, -0.2) is 8.42 Å². The van der Waals surface area contributed by atoms with Crippen LogP contribution in [0, 0.1) is 0 Å². The number of aliphatic hydroxyl groups is 1. The van der Waals surface area contributed by atoms with Crippen LogP contribution in [0.25, 0.3) is 0 Å². The van der Waals surface area contributed by atoms with Crippen molar-refractivity contribution in [3.05, 3.63) is 54.1 Å². The lowest BCUT2D eigenvalue weighted by Gasteiger charge is -2.40. The Hall–Kier alpha value is -1.37. The van der Waals surface area contributed by atoms with E-state index in [0.29, 0.717) is 11.3 Å². The van der Waals surface area contributed by atoms with E-state index in [2.05, 4.69) is 15.9 Å². The third-order valence-corrected chi connectivity index (χ3v) is 7.35. The molecule has 0 aliphatic carbocycles. The maximum atomic E-state index is 12.7. The second kappa shape index (κ2) is 5.61. The highest BCUT2D eigenvalue weighted by molar-refractivity contribution is 9.09.